The molecule has 2 amide bonds. The fourth-order valence-corrected chi connectivity index (χ4v) is 4.39. The van der Waals surface area contributed by atoms with Gasteiger partial charge in [-0.3, -0.25) is 9.59 Å². The highest BCUT2D eigenvalue weighted by Gasteiger charge is 2.30. The first kappa shape index (κ1) is 23.3. The molecule has 1 fully saturated rings. The van der Waals surface area contributed by atoms with Gasteiger partial charge in [0.2, 0.25) is 11.8 Å². The van der Waals surface area contributed by atoms with Crippen LogP contribution in [0.1, 0.15) is 56.6 Å². The molecule has 1 aliphatic carbocycles. The molecule has 1 saturated carbocycles. The Bertz CT molecular complexity index is 881. The van der Waals surface area contributed by atoms with Crippen molar-refractivity contribution < 1.29 is 14.0 Å². The Balaban J connectivity index is 1.80. The minimum Gasteiger partial charge on any atom is -0.352 e. The monoisotopic (exact) mass is 444 g/mol. The van der Waals surface area contributed by atoms with E-state index in [1.165, 1.54) is 18.6 Å². The number of amides is 2. The van der Waals surface area contributed by atoms with Gasteiger partial charge in [-0.15, -0.1) is 0 Å². The zero-order valence-electron chi connectivity index (χ0n) is 17.9. The van der Waals surface area contributed by atoms with Gasteiger partial charge < -0.3 is 10.2 Å². The topological polar surface area (TPSA) is 49.4 Å². The van der Waals surface area contributed by atoms with E-state index >= 15 is 0 Å². The van der Waals surface area contributed by atoms with Crippen LogP contribution in [0.4, 0.5) is 4.39 Å². The molecule has 0 heterocycles. The molecule has 0 aliphatic heterocycles. The zero-order valence-corrected chi connectivity index (χ0v) is 18.7. The SMILES string of the molecule is CCC(C(=O)NC1CCCCC1)N(Cc1ccc(F)cc1)C(=O)Cc1cccc(Cl)c1. The molecule has 0 radical (unpaired) electrons. The van der Waals surface area contributed by atoms with Crippen molar-refractivity contribution in [1.29, 1.82) is 0 Å². The van der Waals surface area contributed by atoms with E-state index in [9.17, 15) is 14.0 Å². The third-order valence-electron chi connectivity index (χ3n) is 5.85. The Hall–Kier alpha value is -2.40. The van der Waals surface area contributed by atoms with Gasteiger partial charge in [0.25, 0.3) is 0 Å². The molecular weight excluding hydrogens is 415 g/mol. The first-order valence-electron chi connectivity index (χ1n) is 11.0. The highest BCUT2D eigenvalue weighted by molar-refractivity contribution is 6.30. The number of nitrogens with zero attached hydrogens (tertiary/aromatic N) is 1. The predicted octanol–water partition coefficient (Wildman–Crippen LogP) is 5.28. The van der Waals surface area contributed by atoms with E-state index in [-0.39, 0.29) is 36.6 Å². The molecule has 3 rings (SSSR count). The summed E-state index contributed by atoms with van der Waals surface area (Å²) in [6.07, 6.45) is 6.06. The minimum atomic E-state index is -0.585. The van der Waals surface area contributed by atoms with Crippen molar-refractivity contribution in [1.82, 2.24) is 10.2 Å². The van der Waals surface area contributed by atoms with Gasteiger partial charge in [0.1, 0.15) is 11.9 Å². The van der Waals surface area contributed by atoms with Crippen LogP contribution in [0.5, 0.6) is 0 Å². The molecule has 1 unspecified atom stereocenters. The summed E-state index contributed by atoms with van der Waals surface area (Å²) in [6, 6.07) is 12.8. The van der Waals surface area contributed by atoms with E-state index in [0.717, 1.165) is 36.8 Å². The van der Waals surface area contributed by atoms with Gasteiger partial charge in [-0.25, -0.2) is 4.39 Å². The highest BCUT2D eigenvalue weighted by atomic mass is 35.5. The zero-order chi connectivity index (χ0) is 22.2. The summed E-state index contributed by atoms with van der Waals surface area (Å²) in [5.74, 6) is -0.601. The second kappa shape index (κ2) is 11.3. The summed E-state index contributed by atoms with van der Waals surface area (Å²) >= 11 is 6.08. The maximum Gasteiger partial charge on any atom is 0.243 e. The lowest BCUT2D eigenvalue weighted by Gasteiger charge is -2.33. The van der Waals surface area contributed by atoms with E-state index in [1.54, 1.807) is 29.2 Å². The summed E-state index contributed by atoms with van der Waals surface area (Å²) in [5, 5.41) is 3.73. The first-order valence-corrected chi connectivity index (χ1v) is 11.4. The smallest absolute Gasteiger partial charge is 0.243 e. The van der Waals surface area contributed by atoms with Crippen molar-refractivity contribution >= 4 is 23.4 Å². The van der Waals surface area contributed by atoms with Gasteiger partial charge >= 0.3 is 0 Å². The molecule has 2 aromatic carbocycles. The Morgan fingerprint density at radius 3 is 2.45 bits per heavy atom. The van der Waals surface area contributed by atoms with E-state index in [0.29, 0.717) is 11.4 Å². The van der Waals surface area contributed by atoms with Crippen LogP contribution in [0.15, 0.2) is 48.5 Å². The van der Waals surface area contributed by atoms with Crippen LogP contribution in [-0.4, -0.2) is 28.8 Å². The minimum absolute atomic E-state index is 0.115. The number of rotatable bonds is 8. The van der Waals surface area contributed by atoms with Crippen molar-refractivity contribution in [3.05, 3.63) is 70.5 Å². The van der Waals surface area contributed by atoms with Crippen LogP contribution in [0.2, 0.25) is 5.02 Å². The number of hydrogen-bond acceptors (Lipinski definition) is 2. The Kier molecular flexibility index (Phi) is 8.47. The first-order chi connectivity index (χ1) is 15.0. The van der Waals surface area contributed by atoms with Crippen molar-refractivity contribution in [2.24, 2.45) is 0 Å². The van der Waals surface area contributed by atoms with Gasteiger partial charge in [0.05, 0.1) is 6.42 Å². The number of carbonyl (C=O) groups excluding carboxylic acids is 2. The fraction of sp³-hybridized carbons (Fsp3) is 0.440. The number of nitrogens with one attached hydrogen (secondary N) is 1. The quantitative estimate of drug-likeness (QED) is 0.602. The lowest BCUT2D eigenvalue weighted by Crippen LogP contribution is -2.51. The van der Waals surface area contributed by atoms with Gasteiger partial charge in [0.15, 0.2) is 0 Å². The van der Waals surface area contributed by atoms with E-state index in [4.69, 9.17) is 11.6 Å². The van der Waals surface area contributed by atoms with Crippen LogP contribution in [0.25, 0.3) is 0 Å². The maximum absolute atomic E-state index is 13.4. The average molecular weight is 445 g/mol. The number of hydrogen-bond donors (Lipinski definition) is 1. The summed E-state index contributed by atoms with van der Waals surface area (Å²) < 4.78 is 13.4. The van der Waals surface area contributed by atoms with Crippen LogP contribution in [0, 0.1) is 5.82 Å². The summed E-state index contributed by atoms with van der Waals surface area (Å²) in [7, 11) is 0. The molecule has 2 aromatic rings. The Morgan fingerprint density at radius 1 is 1.10 bits per heavy atom. The largest absolute Gasteiger partial charge is 0.352 e. The van der Waals surface area contributed by atoms with Crippen LogP contribution >= 0.6 is 11.6 Å². The Morgan fingerprint density at radius 2 is 1.81 bits per heavy atom. The highest BCUT2D eigenvalue weighted by Crippen LogP contribution is 2.20. The molecule has 0 bridgehead atoms. The second-order valence-electron chi connectivity index (χ2n) is 8.22. The summed E-state index contributed by atoms with van der Waals surface area (Å²) in [6.45, 7) is 2.16. The van der Waals surface area contributed by atoms with E-state index in [1.807, 2.05) is 19.1 Å². The molecule has 31 heavy (non-hydrogen) atoms. The second-order valence-corrected chi connectivity index (χ2v) is 8.66. The molecule has 1 N–H and O–H groups in total. The lowest BCUT2D eigenvalue weighted by molar-refractivity contribution is -0.141. The van der Waals surface area contributed by atoms with Crippen molar-refractivity contribution in [2.75, 3.05) is 0 Å². The molecule has 0 aromatic heterocycles. The average Bonchev–Trinajstić information content (AvgIpc) is 2.75. The standard InChI is InChI=1S/C25H30ClFN2O2/c1-2-23(25(31)28-22-9-4-3-5-10-22)29(17-18-11-13-21(27)14-12-18)24(30)16-19-7-6-8-20(26)15-19/h6-8,11-15,22-23H,2-5,9-10,16-17H2,1H3,(H,28,31). The van der Waals surface area contributed by atoms with Crippen LogP contribution in [0.3, 0.4) is 0 Å². The van der Waals surface area contributed by atoms with Crippen LogP contribution < -0.4 is 5.32 Å². The predicted molar refractivity (Wildman–Crippen MR) is 121 cm³/mol. The van der Waals surface area contributed by atoms with Crippen molar-refractivity contribution in [2.45, 2.75) is 70.5 Å². The number of benzene rings is 2. The van der Waals surface area contributed by atoms with Gasteiger partial charge in [-0.1, -0.05) is 62.1 Å². The molecule has 0 spiro atoms. The van der Waals surface area contributed by atoms with Crippen molar-refractivity contribution in [3.8, 4) is 0 Å². The van der Waals surface area contributed by atoms with Crippen LogP contribution in [-0.2, 0) is 22.6 Å². The third kappa shape index (κ3) is 6.79. The third-order valence-corrected chi connectivity index (χ3v) is 6.08. The van der Waals surface area contributed by atoms with Gasteiger partial charge in [-0.2, -0.15) is 0 Å². The molecule has 166 valence electrons. The molecular formula is C25H30ClFN2O2. The fourth-order valence-electron chi connectivity index (χ4n) is 4.17. The summed E-state index contributed by atoms with van der Waals surface area (Å²) in [4.78, 5) is 28.1. The molecule has 0 saturated heterocycles. The number of halogens is 2. The molecule has 1 aliphatic rings. The van der Waals surface area contributed by atoms with E-state index < -0.39 is 6.04 Å². The van der Waals surface area contributed by atoms with Gasteiger partial charge in [-0.05, 0) is 54.7 Å². The molecule has 4 nitrogen and oxygen atoms in total. The van der Waals surface area contributed by atoms with Crippen molar-refractivity contribution in [3.63, 3.8) is 0 Å². The summed E-state index contributed by atoms with van der Waals surface area (Å²) in [5.41, 5.74) is 1.58. The Labute approximate surface area is 188 Å². The van der Waals surface area contributed by atoms with Gasteiger partial charge in [0, 0.05) is 17.6 Å². The van der Waals surface area contributed by atoms with E-state index in [2.05, 4.69) is 5.32 Å². The number of carbonyl (C=O) groups is 2. The molecule has 1 atom stereocenters. The maximum atomic E-state index is 13.4. The lowest BCUT2D eigenvalue weighted by atomic mass is 9.95. The normalized spacial score (nSPS) is 15.3. The molecule has 6 heteroatoms.